The number of nitriles is 1. The van der Waals surface area contributed by atoms with Gasteiger partial charge in [-0.1, -0.05) is 13.8 Å². The lowest BCUT2D eigenvalue weighted by Crippen LogP contribution is -2.26. The smallest absolute Gasteiger partial charge is 0.283 e. The van der Waals surface area contributed by atoms with Gasteiger partial charge in [0.2, 0.25) is 0 Å². The van der Waals surface area contributed by atoms with Crippen molar-refractivity contribution in [3.63, 3.8) is 0 Å². The Bertz CT molecular complexity index is 931. The Morgan fingerprint density at radius 3 is 2.42 bits per heavy atom. The van der Waals surface area contributed by atoms with E-state index in [0.29, 0.717) is 6.54 Å². The van der Waals surface area contributed by atoms with E-state index in [1.54, 1.807) is 18.0 Å². The lowest BCUT2D eigenvalue weighted by atomic mass is 10.2. The molecule has 26 heavy (non-hydrogen) atoms. The molecule has 0 saturated heterocycles. The molecule has 2 heterocycles. The van der Waals surface area contributed by atoms with Gasteiger partial charge in [0.05, 0.1) is 4.90 Å². The van der Waals surface area contributed by atoms with E-state index >= 15 is 0 Å². The van der Waals surface area contributed by atoms with Gasteiger partial charge in [0.15, 0.2) is 21.5 Å². The van der Waals surface area contributed by atoms with Crippen LogP contribution in [-0.4, -0.2) is 43.0 Å². The molecule has 0 unspecified atom stereocenters. The van der Waals surface area contributed by atoms with Gasteiger partial charge in [-0.2, -0.15) is 15.0 Å². The minimum Gasteiger partial charge on any atom is -0.358 e. The first-order valence-corrected chi connectivity index (χ1v) is 9.64. The van der Waals surface area contributed by atoms with Crippen molar-refractivity contribution < 1.29 is 17.2 Å². The van der Waals surface area contributed by atoms with Crippen LogP contribution in [-0.2, 0) is 9.84 Å². The highest BCUT2D eigenvalue weighted by molar-refractivity contribution is 7.90. The van der Waals surface area contributed by atoms with Crippen LogP contribution in [0.4, 0.5) is 14.6 Å². The van der Waals surface area contributed by atoms with Crippen molar-refractivity contribution in [2.24, 2.45) is 5.92 Å². The van der Waals surface area contributed by atoms with E-state index in [2.05, 4.69) is 10.1 Å². The van der Waals surface area contributed by atoms with E-state index in [0.717, 1.165) is 17.1 Å². The molecular formula is C16H19F2N5O2S. The van der Waals surface area contributed by atoms with Crippen molar-refractivity contribution in [1.29, 1.82) is 5.26 Å². The largest absolute Gasteiger partial charge is 0.358 e. The average Bonchev–Trinajstić information content (AvgIpc) is 2.93. The van der Waals surface area contributed by atoms with Crippen LogP contribution < -0.4 is 4.90 Å². The first-order valence-electron chi connectivity index (χ1n) is 7.75. The van der Waals surface area contributed by atoms with Crippen molar-refractivity contribution in [1.82, 2.24) is 14.8 Å². The fraction of sp³-hybridized carbons (Fsp3) is 0.438. The van der Waals surface area contributed by atoms with Crippen molar-refractivity contribution in [2.45, 2.75) is 25.2 Å². The maximum Gasteiger partial charge on any atom is 0.283 e. The number of nitrogens with zero attached hydrogens (tertiary/aromatic N) is 5. The second-order valence-electron chi connectivity index (χ2n) is 6.31. The maximum atomic E-state index is 13.3. The summed E-state index contributed by atoms with van der Waals surface area (Å²) >= 11 is 0. The molecule has 0 aliphatic rings. The molecule has 0 atom stereocenters. The number of hydrogen-bond acceptors (Lipinski definition) is 6. The number of rotatable bonds is 6. The summed E-state index contributed by atoms with van der Waals surface area (Å²) in [6, 6.07) is 4.48. The zero-order valence-corrected chi connectivity index (χ0v) is 15.6. The average molecular weight is 383 g/mol. The van der Waals surface area contributed by atoms with Gasteiger partial charge in [0.1, 0.15) is 17.3 Å². The number of halogens is 2. The zero-order chi connectivity index (χ0) is 19.6. The van der Waals surface area contributed by atoms with E-state index in [9.17, 15) is 22.5 Å². The van der Waals surface area contributed by atoms with E-state index < -0.39 is 22.0 Å². The standard InChI is InChI=1S/C16H19F2N5O2S/c1-10(2)9-22(3)16-12(7-19)14(15(17)18)21-23(16)13-6-5-11(8-20-13)26(4,24)25/h5-6,8,10,15H,9H2,1-4H3. The minimum atomic E-state index is -3.44. The molecule has 10 heteroatoms. The third kappa shape index (κ3) is 3.99. The molecule has 7 nitrogen and oxygen atoms in total. The molecule has 0 amide bonds. The van der Waals surface area contributed by atoms with Crippen molar-refractivity contribution >= 4 is 15.7 Å². The Kier molecular flexibility index (Phi) is 5.61. The van der Waals surface area contributed by atoms with Gasteiger partial charge in [0, 0.05) is 26.0 Å². The Morgan fingerprint density at radius 2 is 2.00 bits per heavy atom. The normalized spacial score (nSPS) is 11.8. The predicted molar refractivity (Wildman–Crippen MR) is 92.2 cm³/mol. The summed E-state index contributed by atoms with van der Waals surface area (Å²) in [4.78, 5) is 5.69. The quantitative estimate of drug-likeness (QED) is 0.761. The monoisotopic (exact) mass is 383 g/mol. The fourth-order valence-corrected chi connectivity index (χ4v) is 3.11. The summed E-state index contributed by atoms with van der Waals surface area (Å²) in [5, 5.41) is 13.2. The molecule has 2 aromatic rings. The highest BCUT2D eigenvalue weighted by Gasteiger charge is 2.28. The Balaban J connectivity index is 2.65. The summed E-state index contributed by atoms with van der Waals surface area (Å²) in [7, 11) is -1.77. The van der Waals surface area contributed by atoms with Crippen molar-refractivity contribution in [2.75, 3.05) is 24.7 Å². The molecule has 140 valence electrons. The van der Waals surface area contributed by atoms with Crippen LogP contribution in [0.3, 0.4) is 0 Å². The number of anilines is 1. The third-order valence-corrected chi connectivity index (χ3v) is 4.67. The number of pyridine rings is 1. The molecule has 0 spiro atoms. The number of alkyl halides is 2. The SMILES string of the molecule is CC(C)CN(C)c1c(C#N)c(C(F)F)nn1-c1ccc(S(C)(=O)=O)cn1. The molecule has 0 bridgehead atoms. The van der Waals surface area contributed by atoms with Gasteiger partial charge in [-0.05, 0) is 18.1 Å². The Hall–Kier alpha value is -2.54. The lowest BCUT2D eigenvalue weighted by Gasteiger charge is -2.22. The zero-order valence-electron chi connectivity index (χ0n) is 14.8. The van der Waals surface area contributed by atoms with Crippen LogP contribution >= 0.6 is 0 Å². The van der Waals surface area contributed by atoms with Gasteiger partial charge >= 0.3 is 0 Å². The fourth-order valence-electron chi connectivity index (χ4n) is 2.55. The summed E-state index contributed by atoms with van der Waals surface area (Å²) in [6.07, 6.45) is -0.748. The lowest BCUT2D eigenvalue weighted by molar-refractivity contribution is 0.145. The third-order valence-electron chi connectivity index (χ3n) is 3.57. The molecule has 0 aliphatic heterocycles. The number of aromatic nitrogens is 3. The van der Waals surface area contributed by atoms with Crippen LogP contribution in [0.25, 0.3) is 5.82 Å². The number of sulfone groups is 1. The topological polar surface area (TPSA) is 91.9 Å². The second kappa shape index (κ2) is 7.37. The predicted octanol–water partition coefficient (Wildman–Crippen LogP) is 2.57. The van der Waals surface area contributed by atoms with Crippen molar-refractivity contribution in [3.05, 3.63) is 29.6 Å². The molecule has 0 saturated carbocycles. The molecule has 2 rings (SSSR count). The van der Waals surface area contributed by atoms with Gasteiger partial charge < -0.3 is 4.90 Å². The maximum absolute atomic E-state index is 13.3. The van der Waals surface area contributed by atoms with Gasteiger partial charge in [-0.15, -0.1) is 0 Å². The highest BCUT2D eigenvalue weighted by Crippen LogP contribution is 2.31. The summed E-state index contributed by atoms with van der Waals surface area (Å²) in [5.41, 5.74) is -0.857. The first-order chi connectivity index (χ1) is 12.1. The Morgan fingerprint density at radius 1 is 1.35 bits per heavy atom. The van der Waals surface area contributed by atoms with Crippen LogP contribution in [0.1, 0.15) is 31.5 Å². The van der Waals surface area contributed by atoms with Crippen LogP contribution in [0.2, 0.25) is 0 Å². The van der Waals surface area contributed by atoms with E-state index in [1.807, 2.05) is 13.8 Å². The first kappa shape index (κ1) is 19.8. The molecule has 0 fully saturated rings. The van der Waals surface area contributed by atoms with Gasteiger partial charge in [-0.3, -0.25) is 0 Å². The molecule has 0 radical (unpaired) electrons. The van der Waals surface area contributed by atoms with E-state index in [1.165, 1.54) is 12.1 Å². The Labute approximate surface area is 150 Å². The van der Waals surface area contributed by atoms with E-state index in [-0.39, 0.29) is 28.0 Å². The molecule has 0 aliphatic carbocycles. The van der Waals surface area contributed by atoms with Gasteiger partial charge in [0.25, 0.3) is 6.43 Å². The molecular weight excluding hydrogens is 364 g/mol. The molecule has 0 N–H and O–H groups in total. The van der Waals surface area contributed by atoms with Crippen LogP contribution in [0.15, 0.2) is 23.2 Å². The summed E-state index contributed by atoms with van der Waals surface area (Å²) in [6.45, 7) is 4.41. The highest BCUT2D eigenvalue weighted by atomic mass is 32.2. The van der Waals surface area contributed by atoms with Crippen LogP contribution in [0, 0.1) is 17.2 Å². The minimum absolute atomic E-state index is 0.0000749. The summed E-state index contributed by atoms with van der Waals surface area (Å²) in [5.74, 6) is 0.549. The molecule has 2 aromatic heterocycles. The second-order valence-corrected chi connectivity index (χ2v) is 8.32. The van der Waals surface area contributed by atoms with Gasteiger partial charge in [-0.25, -0.2) is 22.2 Å². The van der Waals surface area contributed by atoms with Crippen molar-refractivity contribution in [3.8, 4) is 11.9 Å². The van der Waals surface area contributed by atoms with Crippen LogP contribution in [0.5, 0.6) is 0 Å². The summed E-state index contributed by atoms with van der Waals surface area (Å²) < 4.78 is 50.9. The van der Waals surface area contributed by atoms with E-state index in [4.69, 9.17) is 0 Å². The molecule has 0 aromatic carbocycles. The number of hydrogen-bond donors (Lipinski definition) is 0.